The lowest BCUT2D eigenvalue weighted by Gasteiger charge is -2.17. The molecule has 0 rings (SSSR count). The summed E-state index contributed by atoms with van der Waals surface area (Å²) in [5, 5.41) is 0. The van der Waals surface area contributed by atoms with Crippen molar-refractivity contribution >= 4 is 0 Å². The molecule has 0 bridgehead atoms. The summed E-state index contributed by atoms with van der Waals surface area (Å²) < 4.78 is 0. The highest BCUT2D eigenvalue weighted by Crippen LogP contribution is 2.22. The van der Waals surface area contributed by atoms with Crippen LogP contribution in [-0.4, -0.2) is 0 Å². The van der Waals surface area contributed by atoms with Crippen LogP contribution < -0.4 is 0 Å². The molecule has 0 unspecified atom stereocenters. The summed E-state index contributed by atoms with van der Waals surface area (Å²) in [4.78, 5) is 0. The van der Waals surface area contributed by atoms with Crippen LogP contribution in [-0.2, 0) is 0 Å². The lowest BCUT2D eigenvalue weighted by Crippen LogP contribution is -2.03. The Hall–Kier alpha value is 0. The van der Waals surface area contributed by atoms with Crippen LogP contribution >= 0.6 is 0 Å². The summed E-state index contributed by atoms with van der Waals surface area (Å²) in [5.41, 5.74) is 0.539. The molecule has 0 heteroatoms. The molecule has 0 nitrogen and oxygen atoms in total. The van der Waals surface area contributed by atoms with Gasteiger partial charge in [0.2, 0.25) is 0 Å². The maximum absolute atomic E-state index is 2.35. The Morgan fingerprint density at radius 1 is 0.474 bits per heavy atom. The van der Waals surface area contributed by atoms with Crippen molar-refractivity contribution in [2.45, 2.75) is 118 Å². The molecule has 0 aliphatic rings. The number of hydrogen-bond donors (Lipinski definition) is 0. The third-order valence-corrected chi connectivity index (χ3v) is 4.03. The van der Waals surface area contributed by atoms with E-state index >= 15 is 0 Å². The number of unbranched alkanes of at least 4 members (excludes halogenated alkanes) is 12. The molecule has 0 amide bonds. The second-order valence-corrected chi connectivity index (χ2v) is 7.55. The highest BCUT2D eigenvalue weighted by atomic mass is 14.1. The Balaban J connectivity index is 2.99. The van der Waals surface area contributed by atoms with Gasteiger partial charge in [0.05, 0.1) is 0 Å². The summed E-state index contributed by atoms with van der Waals surface area (Å²) in [7, 11) is 0. The first kappa shape index (κ1) is 19.0. The van der Waals surface area contributed by atoms with Crippen LogP contribution in [0.3, 0.4) is 0 Å². The molecule has 116 valence electrons. The molecule has 0 radical (unpaired) electrons. The maximum atomic E-state index is 2.35. The number of rotatable bonds is 13. The average Bonchev–Trinajstić information content (AvgIpc) is 2.34. The standard InChI is InChI=1S/C19H40/c1-5-6-7-8-9-10-11-12-13-14-15-16-17-18-19(2,3)4/h5-18H2,1-4H3. The molecule has 0 aromatic heterocycles. The van der Waals surface area contributed by atoms with E-state index in [0.29, 0.717) is 5.41 Å². The normalized spacial score (nSPS) is 12.0. The quantitative estimate of drug-likeness (QED) is 0.303. The third kappa shape index (κ3) is 18.0. The molecule has 0 aliphatic heterocycles. The van der Waals surface area contributed by atoms with Gasteiger partial charge < -0.3 is 0 Å². The van der Waals surface area contributed by atoms with Gasteiger partial charge in [-0.15, -0.1) is 0 Å². The Labute approximate surface area is 123 Å². The Morgan fingerprint density at radius 2 is 0.789 bits per heavy atom. The smallest absolute Gasteiger partial charge is 0.0383 e. The first-order valence-corrected chi connectivity index (χ1v) is 9.06. The van der Waals surface area contributed by atoms with Gasteiger partial charge in [0.25, 0.3) is 0 Å². The second kappa shape index (κ2) is 13.0. The zero-order valence-corrected chi connectivity index (χ0v) is 14.4. The van der Waals surface area contributed by atoms with Crippen LogP contribution in [0.5, 0.6) is 0 Å². The molecule has 0 saturated carbocycles. The second-order valence-electron chi connectivity index (χ2n) is 7.55. The van der Waals surface area contributed by atoms with E-state index in [0.717, 1.165) is 0 Å². The first-order valence-electron chi connectivity index (χ1n) is 9.06. The summed E-state index contributed by atoms with van der Waals surface area (Å²) in [6.45, 7) is 9.36. The van der Waals surface area contributed by atoms with Crippen LogP contribution in [0.25, 0.3) is 0 Å². The van der Waals surface area contributed by atoms with Crippen molar-refractivity contribution in [1.29, 1.82) is 0 Å². The fraction of sp³-hybridized carbons (Fsp3) is 1.00. The minimum absolute atomic E-state index is 0.539. The van der Waals surface area contributed by atoms with Crippen molar-refractivity contribution < 1.29 is 0 Å². The van der Waals surface area contributed by atoms with Gasteiger partial charge >= 0.3 is 0 Å². The minimum atomic E-state index is 0.539. The lowest BCUT2D eigenvalue weighted by molar-refractivity contribution is 0.356. The van der Waals surface area contributed by atoms with E-state index in [4.69, 9.17) is 0 Å². The molecular formula is C19H40. The van der Waals surface area contributed by atoms with Crippen LogP contribution in [0, 0.1) is 5.41 Å². The van der Waals surface area contributed by atoms with Crippen LogP contribution in [0.15, 0.2) is 0 Å². The molecule has 0 spiro atoms. The van der Waals surface area contributed by atoms with Gasteiger partial charge in [0.15, 0.2) is 0 Å². The third-order valence-electron chi connectivity index (χ3n) is 4.03. The Kier molecular flexibility index (Phi) is 13.0. The molecule has 19 heavy (non-hydrogen) atoms. The average molecular weight is 269 g/mol. The molecular weight excluding hydrogens is 228 g/mol. The van der Waals surface area contributed by atoms with E-state index < -0.39 is 0 Å². The fourth-order valence-electron chi connectivity index (χ4n) is 2.67. The Morgan fingerprint density at radius 3 is 1.11 bits per heavy atom. The highest BCUT2D eigenvalue weighted by Gasteiger charge is 2.08. The van der Waals surface area contributed by atoms with Gasteiger partial charge in [0.1, 0.15) is 0 Å². The SMILES string of the molecule is CCCCCCCCCCCCCCCC(C)(C)C. The monoisotopic (exact) mass is 268 g/mol. The molecule has 0 N–H and O–H groups in total. The van der Waals surface area contributed by atoms with Crippen LogP contribution in [0.2, 0.25) is 0 Å². The first-order chi connectivity index (χ1) is 9.06. The summed E-state index contributed by atoms with van der Waals surface area (Å²) in [6, 6.07) is 0. The van der Waals surface area contributed by atoms with Gasteiger partial charge in [0, 0.05) is 0 Å². The van der Waals surface area contributed by atoms with Crippen molar-refractivity contribution in [2.75, 3.05) is 0 Å². The molecule has 0 aromatic carbocycles. The van der Waals surface area contributed by atoms with Gasteiger partial charge in [-0.2, -0.15) is 0 Å². The van der Waals surface area contributed by atoms with Crippen molar-refractivity contribution in [3.8, 4) is 0 Å². The summed E-state index contributed by atoms with van der Waals surface area (Å²) in [5.74, 6) is 0. The van der Waals surface area contributed by atoms with E-state index in [1.807, 2.05) is 0 Å². The maximum Gasteiger partial charge on any atom is -0.0383 e. The van der Waals surface area contributed by atoms with Gasteiger partial charge in [-0.1, -0.05) is 111 Å². The molecule has 0 fully saturated rings. The van der Waals surface area contributed by atoms with E-state index in [-0.39, 0.29) is 0 Å². The predicted octanol–water partition coefficient (Wildman–Crippen LogP) is 7.51. The van der Waals surface area contributed by atoms with E-state index in [2.05, 4.69) is 27.7 Å². The summed E-state index contributed by atoms with van der Waals surface area (Å²) in [6.07, 6.45) is 20.4. The van der Waals surface area contributed by atoms with Crippen molar-refractivity contribution in [1.82, 2.24) is 0 Å². The largest absolute Gasteiger partial charge is 0.0654 e. The summed E-state index contributed by atoms with van der Waals surface area (Å²) >= 11 is 0. The van der Waals surface area contributed by atoms with Gasteiger partial charge in [-0.05, 0) is 11.8 Å². The van der Waals surface area contributed by atoms with Crippen molar-refractivity contribution in [3.63, 3.8) is 0 Å². The zero-order valence-electron chi connectivity index (χ0n) is 14.4. The molecule has 0 saturated heterocycles. The van der Waals surface area contributed by atoms with Crippen molar-refractivity contribution in [2.24, 2.45) is 5.41 Å². The molecule has 0 atom stereocenters. The van der Waals surface area contributed by atoms with Gasteiger partial charge in [-0.3, -0.25) is 0 Å². The number of hydrogen-bond acceptors (Lipinski definition) is 0. The van der Waals surface area contributed by atoms with Crippen LogP contribution in [0.1, 0.15) is 118 Å². The van der Waals surface area contributed by atoms with Crippen LogP contribution in [0.4, 0.5) is 0 Å². The van der Waals surface area contributed by atoms with E-state index in [1.54, 1.807) is 0 Å². The highest BCUT2D eigenvalue weighted by molar-refractivity contribution is 4.61. The molecule has 0 aliphatic carbocycles. The minimum Gasteiger partial charge on any atom is -0.0654 e. The Bertz CT molecular complexity index is 163. The zero-order chi connectivity index (χ0) is 14.4. The lowest BCUT2D eigenvalue weighted by atomic mass is 9.89. The topological polar surface area (TPSA) is 0 Å². The van der Waals surface area contributed by atoms with E-state index in [9.17, 15) is 0 Å². The molecule has 0 aromatic rings. The predicted molar refractivity (Wildman–Crippen MR) is 89.8 cm³/mol. The van der Waals surface area contributed by atoms with E-state index in [1.165, 1.54) is 89.9 Å². The fourth-order valence-corrected chi connectivity index (χ4v) is 2.67. The molecule has 0 heterocycles. The van der Waals surface area contributed by atoms with Gasteiger partial charge in [-0.25, -0.2) is 0 Å². The van der Waals surface area contributed by atoms with Crippen molar-refractivity contribution in [3.05, 3.63) is 0 Å².